The first kappa shape index (κ1) is 17.0. The second-order valence-corrected chi connectivity index (χ2v) is 6.42. The molecule has 1 heterocycles. The van der Waals surface area contributed by atoms with E-state index in [9.17, 15) is 14.0 Å². The number of furan rings is 1. The lowest BCUT2D eigenvalue weighted by molar-refractivity contribution is 0.0952. The SMILES string of the molecule is O=C(Nc1ccccc1C(=O)NC1CC1)c1ccc(-c2ccc(F)cc2)o1. The monoisotopic (exact) mass is 364 g/mol. The molecule has 0 radical (unpaired) electrons. The highest BCUT2D eigenvalue weighted by molar-refractivity contribution is 6.08. The fourth-order valence-electron chi connectivity index (χ4n) is 2.69. The van der Waals surface area contributed by atoms with Crippen LogP contribution in [0.1, 0.15) is 33.8 Å². The van der Waals surface area contributed by atoms with Crippen LogP contribution in [-0.4, -0.2) is 17.9 Å². The molecule has 136 valence electrons. The van der Waals surface area contributed by atoms with Gasteiger partial charge in [0, 0.05) is 11.6 Å². The van der Waals surface area contributed by atoms with Crippen molar-refractivity contribution in [2.24, 2.45) is 0 Å². The van der Waals surface area contributed by atoms with E-state index in [0.717, 1.165) is 12.8 Å². The lowest BCUT2D eigenvalue weighted by atomic mass is 10.1. The summed E-state index contributed by atoms with van der Waals surface area (Å²) in [5.41, 5.74) is 1.49. The summed E-state index contributed by atoms with van der Waals surface area (Å²) in [7, 11) is 0. The van der Waals surface area contributed by atoms with Crippen LogP contribution in [0.2, 0.25) is 0 Å². The molecule has 0 saturated heterocycles. The van der Waals surface area contributed by atoms with E-state index in [1.165, 1.54) is 12.1 Å². The maximum Gasteiger partial charge on any atom is 0.291 e. The van der Waals surface area contributed by atoms with Crippen LogP contribution in [0.15, 0.2) is 65.1 Å². The fraction of sp³-hybridized carbons (Fsp3) is 0.143. The minimum absolute atomic E-state index is 0.103. The molecule has 1 fully saturated rings. The molecule has 6 heteroatoms. The Bertz CT molecular complexity index is 991. The van der Waals surface area contributed by atoms with E-state index in [0.29, 0.717) is 22.6 Å². The molecular weight excluding hydrogens is 347 g/mol. The van der Waals surface area contributed by atoms with Crippen molar-refractivity contribution >= 4 is 17.5 Å². The number of amides is 2. The third kappa shape index (κ3) is 3.89. The number of benzene rings is 2. The number of carbonyl (C=O) groups excluding carboxylic acids is 2. The van der Waals surface area contributed by atoms with Gasteiger partial charge in [0.1, 0.15) is 11.6 Å². The van der Waals surface area contributed by atoms with Gasteiger partial charge < -0.3 is 15.1 Å². The molecule has 3 aromatic rings. The van der Waals surface area contributed by atoms with Crippen molar-refractivity contribution in [2.45, 2.75) is 18.9 Å². The van der Waals surface area contributed by atoms with Crippen molar-refractivity contribution < 1.29 is 18.4 Å². The molecule has 27 heavy (non-hydrogen) atoms. The van der Waals surface area contributed by atoms with Gasteiger partial charge in [-0.15, -0.1) is 0 Å². The van der Waals surface area contributed by atoms with E-state index in [2.05, 4.69) is 10.6 Å². The summed E-state index contributed by atoms with van der Waals surface area (Å²) in [4.78, 5) is 24.9. The molecule has 2 amide bonds. The van der Waals surface area contributed by atoms with Gasteiger partial charge in [0.25, 0.3) is 11.8 Å². The van der Waals surface area contributed by atoms with E-state index in [-0.39, 0.29) is 23.5 Å². The lowest BCUT2D eigenvalue weighted by Crippen LogP contribution is -2.26. The lowest BCUT2D eigenvalue weighted by Gasteiger charge is -2.10. The molecule has 0 aliphatic heterocycles. The number of carbonyl (C=O) groups is 2. The van der Waals surface area contributed by atoms with Crippen LogP contribution in [0.4, 0.5) is 10.1 Å². The summed E-state index contributed by atoms with van der Waals surface area (Å²) in [5, 5.41) is 5.63. The first-order chi connectivity index (χ1) is 13.1. The van der Waals surface area contributed by atoms with Crippen molar-refractivity contribution in [3.63, 3.8) is 0 Å². The molecular formula is C21H17FN2O3. The Morgan fingerprint density at radius 2 is 1.67 bits per heavy atom. The summed E-state index contributed by atoms with van der Waals surface area (Å²) < 4.78 is 18.6. The molecule has 0 unspecified atom stereocenters. The highest BCUT2D eigenvalue weighted by atomic mass is 19.1. The van der Waals surface area contributed by atoms with Gasteiger partial charge in [-0.2, -0.15) is 0 Å². The third-order valence-electron chi connectivity index (χ3n) is 4.29. The minimum Gasteiger partial charge on any atom is -0.451 e. The molecule has 1 aromatic heterocycles. The van der Waals surface area contributed by atoms with E-state index >= 15 is 0 Å². The van der Waals surface area contributed by atoms with Gasteiger partial charge in [0.15, 0.2) is 5.76 Å². The summed E-state index contributed by atoms with van der Waals surface area (Å²) in [5.74, 6) is -0.453. The second kappa shape index (κ2) is 7.07. The molecule has 0 atom stereocenters. The first-order valence-corrected chi connectivity index (χ1v) is 8.67. The Labute approximate surface area is 155 Å². The quantitative estimate of drug-likeness (QED) is 0.712. The second-order valence-electron chi connectivity index (χ2n) is 6.42. The number of nitrogens with one attached hydrogen (secondary N) is 2. The van der Waals surface area contributed by atoms with Crippen LogP contribution in [-0.2, 0) is 0 Å². The molecule has 1 saturated carbocycles. The predicted molar refractivity (Wildman–Crippen MR) is 99.0 cm³/mol. The average Bonchev–Trinajstić information content (AvgIpc) is 3.34. The van der Waals surface area contributed by atoms with Crippen molar-refractivity contribution in [3.05, 3.63) is 77.8 Å². The topological polar surface area (TPSA) is 71.3 Å². The third-order valence-corrected chi connectivity index (χ3v) is 4.29. The summed E-state index contributed by atoms with van der Waals surface area (Å²) in [6.07, 6.45) is 1.97. The number of para-hydroxylation sites is 1. The predicted octanol–water partition coefficient (Wildman–Crippen LogP) is 4.23. The van der Waals surface area contributed by atoms with Gasteiger partial charge in [-0.25, -0.2) is 4.39 Å². The van der Waals surface area contributed by atoms with Crippen LogP contribution in [0.3, 0.4) is 0 Å². The average molecular weight is 364 g/mol. The maximum atomic E-state index is 13.0. The zero-order chi connectivity index (χ0) is 18.8. The Morgan fingerprint density at radius 1 is 0.926 bits per heavy atom. The number of hydrogen-bond acceptors (Lipinski definition) is 3. The van der Waals surface area contributed by atoms with Gasteiger partial charge in [0.2, 0.25) is 0 Å². The van der Waals surface area contributed by atoms with Crippen LogP contribution in [0, 0.1) is 5.82 Å². The van der Waals surface area contributed by atoms with Gasteiger partial charge in [-0.3, -0.25) is 9.59 Å². The van der Waals surface area contributed by atoms with Gasteiger partial charge in [0.05, 0.1) is 11.3 Å². The molecule has 1 aliphatic rings. The summed E-state index contributed by atoms with van der Waals surface area (Å²) in [6.45, 7) is 0. The summed E-state index contributed by atoms with van der Waals surface area (Å²) in [6, 6.07) is 16.0. The largest absolute Gasteiger partial charge is 0.451 e. The molecule has 2 aromatic carbocycles. The molecule has 5 nitrogen and oxygen atoms in total. The highest BCUT2D eigenvalue weighted by Crippen LogP contribution is 2.24. The Morgan fingerprint density at radius 3 is 2.41 bits per heavy atom. The van der Waals surface area contributed by atoms with Crippen molar-refractivity contribution in [1.29, 1.82) is 0 Å². The minimum atomic E-state index is -0.463. The van der Waals surface area contributed by atoms with Crippen molar-refractivity contribution in [3.8, 4) is 11.3 Å². The van der Waals surface area contributed by atoms with Crippen LogP contribution in [0.5, 0.6) is 0 Å². The number of halogens is 1. The van der Waals surface area contributed by atoms with Crippen LogP contribution < -0.4 is 10.6 Å². The Kier molecular flexibility index (Phi) is 4.46. The van der Waals surface area contributed by atoms with Crippen molar-refractivity contribution in [2.75, 3.05) is 5.32 Å². The normalized spacial score (nSPS) is 13.2. The van der Waals surface area contributed by atoms with Crippen molar-refractivity contribution in [1.82, 2.24) is 5.32 Å². The Balaban J connectivity index is 1.51. The summed E-state index contributed by atoms with van der Waals surface area (Å²) >= 11 is 0. The maximum absolute atomic E-state index is 13.0. The standard InChI is InChI=1S/C21H17FN2O3/c22-14-7-5-13(6-8-14)18-11-12-19(27-18)21(26)24-17-4-2-1-3-16(17)20(25)23-15-9-10-15/h1-8,11-12,15H,9-10H2,(H,23,25)(H,24,26). The first-order valence-electron chi connectivity index (χ1n) is 8.67. The molecule has 2 N–H and O–H groups in total. The molecule has 1 aliphatic carbocycles. The highest BCUT2D eigenvalue weighted by Gasteiger charge is 2.25. The number of hydrogen-bond donors (Lipinski definition) is 2. The van der Waals surface area contributed by atoms with E-state index in [1.54, 1.807) is 48.5 Å². The van der Waals surface area contributed by atoms with Crippen LogP contribution >= 0.6 is 0 Å². The number of rotatable bonds is 5. The van der Waals surface area contributed by atoms with E-state index in [4.69, 9.17) is 4.42 Å². The van der Waals surface area contributed by atoms with E-state index < -0.39 is 5.91 Å². The molecule has 0 bridgehead atoms. The zero-order valence-corrected chi connectivity index (χ0v) is 14.4. The smallest absolute Gasteiger partial charge is 0.291 e. The molecule has 0 spiro atoms. The fourth-order valence-corrected chi connectivity index (χ4v) is 2.69. The van der Waals surface area contributed by atoms with E-state index in [1.807, 2.05) is 0 Å². The van der Waals surface area contributed by atoms with Crippen LogP contribution in [0.25, 0.3) is 11.3 Å². The number of anilines is 1. The molecule has 4 rings (SSSR count). The van der Waals surface area contributed by atoms with Gasteiger partial charge in [-0.1, -0.05) is 12.1 Å². The Hall–Kier alpha value is -3.41. The zero-order valence-electron chi connectivity index (χ0n) is 14.4. The van der Waals surface area contributed by atoms with Gasteiger partial charge in [-0.05, 0) is 61.4 Å². The van der Waals surface area contributed by atoms with Gasteiger partial charge >= 0.3 is 0 Å².